The summed E-state index contributed by atoms with van der Waals surface area (Å²) in [6.07, 6.45) is 0. The molecule has 1 saturated heterocycles. The van der Waals surface area contributed by atoms with Gasteiger partial charge in [-0.1, -0.05) is 0 Å². The molecule has 7 heteroatoms. The fraction of sp³-hybridized carbons (Fsp3) is 0.333. The Morgan fingerprint density at radius 2 is 2.06 bits per heavy atom. The highest BCUT2D eigenvalue weighted by molar-refractivity contribution is 6.03. The van der Waals surface area contributed by atoms with E-state index in [4.69, 9.17) is 5.73 Å². The Labute approximate surface area is 89.9 Å². The lowest BCUT2D eigenvalue weighted by molar-refractivity contribution is -0.0266. The van der Waals surface area contributed by atoms with Gasteiger partial charge in [-0.25, -0.2) is 13.8 Å². The first-order valence-electron chi connectivity index (χ1n) is 4.73. The highest BCUT2D eigenvalue weighted by atomic mass is 19.3. The Morgan fingerprint density at radius 3 is 2.75 bits per heavy atom. The van der Waals surface area contributed by atoms with Crippen LogP contribution in [-0.4, -0.2) is 29.8 Å². The molecule has 1 fully saturated rings. The van der Waals surface area contributed by atoms with Crippen LogP contribution in [0, 0.1) is 0 Å². The van der Waals surface area contributed by atoms with Crippen LogP contribution in [0.3, 0.4) is 0 Å². The minimum absolute atomic E-state index is 0.297. The summed E-state index contributed by atoms with van der Waals surface area (Å²) in [5.41, 5.74) is 9.95. The number of hydrogen-bond donors (Lipinski definition) is 1. The van der Waals surface area contributed by atoms with E-state index in [1.165, 1.54) is 4.90 Å². The van der Waals surface area contributed by atoms with Crippen molar-refractivity contribution in [2.24, 2.45) is 10.8 Å². The highest BCUT2D eigenvalue weighted by Gasteiger charge is 2.44. The molecule has 0 aromatic carbocycles. The minimum atomic E-state index is -2.60. The number of amidine groups is 1. The van der Waals surface area contributed by atoms with Crippen LogP contribution >= 0.6 is 0 Å². The molecular weight excluding hydrogens is 216 g/mol. The fourth-order valence-corrected chi connectivity index (χ4v) is 1.72. The van der Waals surface area contributed by atoms with Gasteiger partial charge in [0.2, 0.25) is 0 Å². The summed E-state index contributed by atoms with van der Waals surface area (Å²) in [4.78, 5) is 5.61. The molecule has 1 aromatic heterocycles. The number of fused-ring (bicyclic) bond motifs is 1. The molecule has 0 aliphatic carbocycles. The van der Waals surface area contributed by atoms with Crippen LogP contribution in [0.4, 0.5) is 20.4 Å². The molecule has 83 valence electrons. The van der Waals surface area contributed by atoms with Crippen molar-refractivity contribution in [1.29, 1.82) is 0 Å². The van der Waals surface area contributed by atoms with E-state index in [0.717, 1.165) is 0 Å². The first-order valence-corrected chi connectivity index (χ1v) is 4.73. The van der Waals surface area contributed by atoms with E-state index in [-0.39, 0.29) is 13.1 Å². The number of nitrogens with two attached hydrogens (primary N) is 1. The van der Waals surface area contributed by atoms with Gasteiger partial charge in [0, 0.05) is 0 Å². The molecule has 0 atom stereocenters. The topological polar surface area (TPSA) is 68.6 Å². The number of aromatic nitrogens is 1. The molecule has 0 spiro atoms. The normalized spacial score (nSPS) is 20.9. The molecule has 1 radical (unpaired) electrons. The van der Waals surface area contributed by atoms with Gasteiger partial charge in [-0.05, 0) is 12.1 Å². The molecule has 2 N–H and O–H groups in total. The van der Waals surface area contributed by atoms with Gasteiger partial charge in [-0.3, -0.25) is 0 Å². The zero-order chi connectivity index (χ0) is 11.3. The van der Waals surface area contributed by atoms with E-state index in [1.54, 1.807) is 12.1 Å². The average molecular weight is 224 g/mol. The van der Waals surface area contributed by atoms with E-state index in [2.05, 4.69) is 15.5 Å². The Morgan fingerprint density at radius 1 is 1.31 bits per heavy atom. The van der Waals surface area contributed by atoms with Gasteiger partial charge >= 0.3 is 0 Å². The van der Waals surface area contributed by atoms with Crippen LogP contribution in [0.15, 0.2) is 17.2 Å². The van der Waals surface area contributed by atoms with E-state index in [9.17, 15) is 8.78 Å². The predicted molar refractivity (Wildman–Crippen MR) is 53.9 cm³/mol. The van der Waals surface area contributed by atoms with Crippen molar-refractivity contribution in [1.82, 2.24) is 10.4 Å². The zero-order valence-electron chi connectivity index (χ0n) is 8.19. The van der Waals surface area contributed by atoms with Gasteiger partial charge in [0.05, 0.1) is 18.7 Å². The van der Waals surface area contributed by atoms with E-state index in [0.29, 0.717) is 23.0 Å². The minimum Gasteiger partial charge on any atom is -0.382 e. The maximum absolute atomic E-state index is 12.7. The van der Waals surface area contributed by atoms with Crippen molar-refractivity contribution in [3.8, 4) is 0 Å². The van der Waals surface area contributed by atoms with Crippen molar-refractivity contribution >= 4 is 17.5 Å². The lowest BCUT2D eigenvalue weighted by atomic mass is 10.1. The summed E-state index contributed by atoms with van der Waals surface area (Å²) >= 11 is 0. The third-order valence-electron chi connectivity index (χ3n) is 2.56. The van der Waals surface area contributed by atoms with Crippen molar-refractivity contribution in [3.63, 3.8) is 0 Å². The van der Waals surface area contributed by atoms with Crippen LogP contribution < -0.4 is 16.1 Å². The average Bonchev–Trinajstić information content (AvgIpc) is 2.56. The summed E-state index contributed by atoms with van der Waals surface area (Å²) in [5.74, 6) is -1.42. The van der Waals surface area contributed by atoms with Crippen molar-refractivity contribution in [2.45, 2.75) is 5.92 Å². The second-order valence-electron chi connectivity index (χ2n) is 3.84. The second-order valence-corrected chi connectivity index (χ2v) is 3.84. The van der Waals surface area contributed by atoms with Gasteiger partial charge in [0.1, 0.15) is 5.82 Å². The van der Waals surface area contributed by atoms with Crippen LogP contribution in [0.25, 0.3) is 0 Å². The number of alkyl halides is 2. The fourth-order valence-electron chi connectivity index (χ4n) is 1.72. The van der Waals surface area contributed by atoms with Gasteiger partial charge in [-0.2, -0.15) is 0 Å². The third kappa shape index (κ3) is 1.28. The van der Waals surface area contributed by atoms with Crippen LogP contribution in [-0.2, 0) is 0 Å². The molecule has 0 bridgehead atoms. The Bertz CT molecular complexity index is 477. The van der Waals surface area contributed by atoms with Crippen molar-refractivity contribution in [2.75, 3.05) is 18.0 Å². The molecule has 0 unspecified atom stereocenters. The first kappa shape index (κ1) is 9.32. The maximum atomic E-state index is 12.7. The lowest BCUT2D eigenvalue weighted by Crippen LogP contribution is -2.56. The summed E-state index contributed by atoms with van der Waals surface area (Å²) in [6, 6.07) is 3.35. The Kier molecular flexibility index (Phi) is 1.63. The van der Waals surface area contributed by atoms with Gasteiger partial charge in [-0.15, -0.1) is 10.5 Å². The maximum Gasteiger partial charge on any atom is 0.282 e. The summed E-state index contributed by atoms with van der Waals surface area (Å²) in [7, 11) is 0. The Hall–Kier alpha value is -1.92. The number of hydrogen-bond acceptors (Lipinski definition) is 4. The summed E-state index contributed by atoms with van der Waals surface area (Å²) < 4.78 is 25.3. The molecule has 0 saturated carbocycles. The quantitative estimate of drug-likeness (QED) is 0.751. The highest BCUT2D eigenvalue weighted by Crippen LogP contribution is 2.32. The molecular formula is C9H8F2N5. The van der Waals surface area contributed by atoms with Crippen LogP contribution in [0.2, 0.25) is 0 Å². The molecule has 2 aliphatic rings. The second kappa shape index (κ2) is 2.81. The van der Waals surface area contributed by atoms with Gasteiger partial charge in [0.15, 0.2) is 11.7 Å². The van der Waals surface area contributed by atoms with E-state index in [1.807, 2.05) is 0 Å². The monoisotopic (exact) mass is 224 g/mol. The van der Waals surface area contributed by atoms with Gasteiger partial charge in [0.25, 0.3) is 5.92 Å². The van der Waals surface area contributed by atoms with E-state index < -0.39 is 5.92 Å². The first-order chi connectivity index (χ1) is 7.55. The molecule has 2 aliphatic heterocycles. The zero-order valence-corrected chi connectivity index (χ0v) is 8.19. The molecule has 16 heavy (non-hydrogen) atoms. The standard InChI is InChI=1S/C9H8F2N5/c10-9(11)3-16(4-9)6-2-1-5-7(12)14-15-8(5)13-6/h1-2H,3-4H2,(H2,12,14). The van der Waals surface area contributed by atoms with E-state index >= 15 is 0 Å². The van der Waals surface area contributed by atoms with Crippen molar-refractivity contribution < 1.29 is 8.78 Å². The number of anilines is 1. The largest absolute Gasteiger partial charge is 0.382 e. The number of nitrogens with zero attached hydrogens (tertiary/aromatic N) is 4. The molecule has 5 nitrogen and oxygen atoms in total. The summed E-state index contributed by atoms with van der Waals surface area (Å²) in [6.45, 7) is -0.593. The van der Waals surface area contributed by atoms with Gasteiger partial charge < -0.3 is 10.6 Å². The third-order valence-corrected chi connectivity index (χ3v) is 2.56. The molecule has 0 amide bonds. The number of halogens is 2. The summed E-state index contributed by atoms with van der Waals surface area (Å²) in [5, 5.41) is 3.67. The smallest absolute Gasteiger partial charge is 0.282 e. The molecule has 3 heterocycles. The van der Waals surface area contributed by atoms with Crippen LogP contribution in [0.1, 0.15) is 5.56 Å². The molecule has 1 aromatic rings. The van der Waals surface area contributed by atoms with Crippen LogP contribution in [0.5, 0.6) is 0 Å². The number of rotatable bonds is 1. The predicted octanol–water partition coefficient (Wildman–Crippen LogP) is 0.407. The lowest BCUT2D eigenvalue weighted by Gasteiger charge is -2.39. The molecule has 3 rings (SSSR count). The number of pyridine rings is 1. The van der Waals surface area contributed by atoms with Crippen molar-refractivity contribution in [3.05, 3.63) is 17.7 Å². The Balaban J connectivity index is 1.85. The SMILES string of the molecule is NC1=N[N]c2nc(N3CC(F)(F)C3)ccc21.